The van der Waals surface area contributed by atoms with Gasteiger partial charge in [0.1, 0.15) is 0 Å². The van der Waals surface area contributed by atoms with Crippen LogP contribution in [-0.4, -0.2) is 53.1 Å². The second-order valence-electron chi connectivity index (χ2n) is 5.42. The van der Waals surface area contributed by atoms with E-state index in [1.807, 2.05) is 30.3 Å². The molecule has 1 aliphatic rings. The van der Waals surface area contributed by atoms with Gasteiger partial charge < -0.3 is 14.9 Å². The van der Waals surface area contributed by atoms with Gasteiger partial charge in [0.05, 0.1) is 31.5 Å². The number of hydrogen-bond donors (Lipinski definition) is 2. The minimum Gasteiger partial charge on any atom is -0.395 e. The number of nitrogens with zero attached hydrogens (tertiary/aromatic N) is 1. The van der Waals surface area contributed by atoms with Gasteiger partial charge in [0.25, 0.3) is 0 Å². The second kappa shape index (κ2) is 7.74. The first kappa shape index (κ1) is 15.4. The zero-order chi connectivity index (χ0) is 14.4. The first-order chi connectivity index (χ1) is 9.76. The van der Waals surface area contributed by atoms with Crippen LogP contribution < -0.4 is 0 Å². The topological polar surface area (TPSA) is 52.9 Å². The average molecular weight is 279 g/mol. The lowest BCUT2D eigenvalue weighted by molar-refractivity contribution is -0.0311. The van der Waals surface area contributed by atoms with Crippen molar-refractivity contribution >= 4 is 0 Å². The molecule has 1 saturated heterocycles. The summed E-state index contributed by atoms with van der Waals surface area (Å²) in [5.74, 6) is 0. The summed E-state index contributed by atoms with van der Waals surface area (Å²) < 4.78 is 5.84. The van der Waals surface area contributed by atoms with Crippen molar-refractivity contribution in [1.29, 1.82) is 0 Å². The minimum absolute atomic E-state index is 0.0178. The summed E-state index contributed by atoms with van der Waals surface area (Å²) in [6, 6.07) is 9.77. The van der Waals surface area contributed by atoms with Gasteiger partial charge in [-0.05, 0) is 18.5 Å². The Kier molecular flexibility index (Phi) is 5.98. The number of aliphatic hydroxyl groups is 2. The summed E-state index contributed by atoms with van der Waals surface area (Å²) in [5.41, 5.74) is 1.10. The van der Waals surface area contributed by atoms with Gasteiger partial charge in [-0.2, -0.15) is 0 Å². The lowest BCUT2D eigenvalue weighted by atomic mass is 10.1. The van der Waals surface area contributed by atoms with Crippen LogP contribution in [0.15, 0.2) is 30.3 Å². The molecular formula is C16H25NO3. The molecule has 0 radical (unpaired) electrons. The highest BCUT2D eigenvalue weighted by atomic mass is 16.5. The molecule has 2 rings (SSSR count). The van der Waals surface area contributed by atoms with Crippen molar-refractivity contribution in [2.24, 2.45) is 0 Å². The Hall–Kier alpha value is -0.940. The van der Waals surface area contributed by atoms with Crippen LogP contribution in [0, 0.1) is 0 Å². The Bertz CT molecular complexity index is 385. The van der Waals surface area contributed by atoms with Crippen molar-refractivity contribution in [1.82, 2.24) is 4.90 Å². The summed E-state index contributed by atoms with van der Waals surface area (Å²) >= 11 is 0. The van der Waals surface area contributed by atoms with Crippen LogP contribution in [0.1, 0.15) is 25.3 Å². The molecule has 1 heterocycles. The minimum atomic E-state index is -0.611. The molecular weight excluding hydrogens is 254 g/mol. The fraction of sp³-hybridized carbons (Fsp3) is 0.625. The SMILES string of the molecule is CCCCN1C[C@@H](OCc2ccccc2)[C@H](O)[C@H]1CO. The summed E-state index contributed by atoms with van der Waals surface area (Å²) in [5, 5.41) is 19.7. The van der Waals surface area contributed by atoms with E-state index < -0.39 is 6.10 Å². The highest BCUT2D eigenvalue weighted by Gasteiger charge is 2.40. The third-order valence-electron chi connectivity index (χ3n) is 3.95. The van der Waals surface area contributed by atoms with Crippen LogP contribution in [0.5, 0.6) is 0 Å². The van der Waals surface area contributed by atoms with Gasteiger partial charge in [-0.15, -0.1) is 0 Å². The van der Waals surface area contributed by atoms with Crippen LogP contribution in [0.4, 0.5) is 0 Å². The van der Waals surface area contributed by atoms with Crippen LogP contribution >= 0.6 is 0 Å². The van der Waals surface area contributed by atoms with Crippen LogP contribution in [0.3, 0.4) is 0 Å². The van der Waals surface area contributed by atoms with Gasteiger partial charge in [0.2, 0.25) is 0 Å². The van der Waals surface area contributed by atoms with Crippen LogP contribution in [0.2, 0.25) is 0 Å². The number of ether oxygens (including phenoxy) is 1. The highest BCUT2D eigenvalue weighted by molar-refractivity contribution is 5.13. The molecule has 0 spiro atoms. The molecule has 112 valence electrons. The third-order valence-corrected chi connectivity index (χ3v) is 3.95. The largest absolute Gasteiger partial charge is 0.395 e. The standard InChI is InChI=1S/C16H25NO3/c1-2-3-9-17-10-15(16(19)14(17)11-18)20-12-13-7-5-4-6-8-13/h4-8,14-16,18-19H,2-3,9-12H2,1H3/t14-,15-,16-/m1/s1. The maximum Gasteiger partial charge on any atom is 0.0991 e. The Morgan fingerprint density at radius 2 is 2.05 bits per heavy atom. The normalized spacial score (nSPS) is 27.1. The van der Waals surface area contributed by atoms with Crippen molar-refractivity contribution in [3.8, 4) is 0 Å². The number of likely N-dealkylation sites (tertiary alicyclic amines) is 1. The molecule has 4 nitrogen and oxygen atoms in total. The van der Waals surface area contributed by atoms with Gasteiger partial charge in [-0.1, -0.05) is 43.7 Å². The molecule has 2 N–H and O–H groups in total. The lowest BCUT2D eigenvalue weighted by Crippen LogP contribution is -2.39. The van der Waals surface area contributed by atoms with Crippen molar-refractivity contribution in [2.45, 2.75) is 44.6 Å². The number of aliphatic hydroxyl groups excluding tert-OH is 2. The molecule has 3 atom stereocenters. The predicted octanol–water partition coefficient (Wildman–Crippen LogP) is 1.41. The van der Waals surface area contributed by atoms with E-state index in [2.05, 4.69) is 11.8 Å². The molecule has 1 aromatic rings. The highest BCUT2D eigenvalue weighted by Crippen LogP contribution is 2.22. The first-order valence-corrected chi connectivity index (χ1v) is 7.44. The molecule has 0 bridgehead atoms. The van der Waals surface area contributed by atoms with Gasteiger partial charge in [-0.3, -0.25) is 4.90 Å². The molecule has 4 heteroatoms. The fourth-order valence-electron chi connectivity index (χ4n) is 2.71. The Morgan fingerprint density at radius 3 is 2.70 bits per heavy atom. The first-order valence-electron chi connectivity index (χ1n) is 7.44. The Morgan fingerprint density at radius 1 is 1.30 bits per heavy atom. The molecule has 20 heavy (non-hydrogen) atoms. The van der Waals surface area contributed by atoms with E-state index in [1.165, 1.54) is 0 Å². The van der Waals surface area contributed by atoms with Crippen molar-refractivity contribution in [3.05, 3.63) is 35.9 Å². The van der Waals surface area contributed by atoms with Gasteiger partial charge in [0, 0.05) is 6.54 Å². The van der Waals surface area contributed by atoms with Gasteiger partial charge in [0.15, 0.2) is 0 Å². The maximum absolute atomic E-state index is 10.3. The number of unbranched alkanes of at least 4 members (excludes halogenated alkanes) is 1. The van der Waals surface area contributed by atoms with Gasteiger partial charge in [-0.25, -0.2) is 0 Å². The van der Waals surface area contributed by atoms with Crippen LogP contribution in [-0.2, 0) is 11.3 Å². The van der Waals surface area contributed by atoms with E-state index in [0.717, 1.165) is 24.9 Å². The smallest absolute Gasteiger partial charge is 0.0991 e. The van der Waals surface area contributed by atoms with E-state index in [-0.39, 0.29) is 18.8 Å². The Labute approximate surface area is 121 Å². The fourth-order valence-corrected chi connectivity index (χ4v) is 2.71. The number of benzene rings is 1. The zero-order valence-corrected chi connectivity index (χ0v) is 12.1. The molecule has 0 aliphatic carbocycles. The summed E-state index contributed by atoms with van der Waals surface area (Å²) in [6.07, 6.45) is 1.36. The predicted molar refractivity (Wildman–Crippen MR) is 78.4 cm³/mol. The molecule has 0 amide bonds. The average Bonchev–Trinajstić information content (AvgIpc) is 2.79. The van der Waals surface area contributed by atoms with Crippen molar-refractivity contribution in [3.63, 3.8) is 0 Å². The van der Waals surface area contributed by atoms with Crippen LogP contribution in [0.25, 0.3) is 0 Å². The summed E-state index contributed by atoms with van der Waals surface area (Å²) in [7, 11) is 0. The van der Waals surface area contributed by atoms with E-state index in [1.54, 1.807) is 0 Å². The molecule has 0 saturated carbocycles. The molecule has 1 aromatic carbocycles. The van der Waals surface area contributed by atoms with E-state index in [9.17, 15) is 10.2 Å². The lowest BCUT2D eigenvalue weighted by Gasteiger charge is -2.23. The van der Waals surface area contributed by atoms with E-state index >= 15 is 0 Å². The summed E-state index contributed by atoms with van der Waals surface area (Å²) in [4.78, 5) is 2.14. The maximum atomic E-state index is 10.3. The third kappa shape index (κ3) is 3.79. The molecule has 0 unspecified atom stereocenters. The number of rotatable bonds is 7. The van der Waals surface area contributed by atoms with Crippen molar-refractivity contribution in [2.75, 3.05) is 19.7 Å². The van der Waals surface area contributed by atoms with E-state index in [4.69, 9.17) is 4.74 Å². The molecule has 1 fully saturated rings. The number of hydrogen-bond acceptors (Lipinski definition) is 4. The molecule has 0 aromatic heterocycles. The van der Waals surface area contributed by atoms with Gasteiger partial charge >= 0.3 is 0 Å². The quantitative estimate of drug-likeness (QED) is 0.792. The monoisotopic (exact) mass is 279 g/mol. The van der Waals surface area contributed by atoms with E-state index in [0.29, 0.717) is 13.2 Å². The molecule has 1 aliphatic heterocycles. The van der Waals surface area contributed by atoms with Crippen molar-refractivity contribution < 1.29 is 14.9 Å². The zero-order valence-electron chi connectivity index (χ0n) is 12.1. The summed E-state index contributed by atoms with van der Waals surface area (Å²) in [6.45, 7) is 4.23. The Balaban J connectivity index is 1.88. The second-order valence-corrected chi connectivity index (χ2v) is 5.42.